The van der Waals surface area contributed by atoms with E-state index in [4.69, 9.17) is 0 Å². The number of hydrogen-bond donors (Lipinski definition) is 0. The molecule has 0 spiro atoms. The minimum absolute atomic E-state index is 0.0957. The van der Waals surface area contributed by atoms with Crippen molar-refractivity contribution in [3.63, 3.8) is 0 Å². The van der Waals surface area contributed by atoms with E-state index in [1.807, 2.05) is 6.92 Å². The Balaban J connectivity index is 2.74. The molecule has 1 aromatic heterocycles. The molecule has 0 N–H and O–H groups in total. The summed E-state index contributed by atoms with van der Waals surface area (Å²) in [6, 6.07) is 0. The molecule has 0 aromatic carbocycles. The zero-order chi connectivity index (χ0) is 12.3. The van der Waals surface area contributed by atoms with Gasteiger partial charge in [0.05, 0.1) is 6.42 Å². The summed E-state index contributed by atoms with van der Waals surface area (Å²) in [5.74, 6) is -0.301. The normalized spacial score (nSPS) is 11.2. The predicted octanol–water partition coefficient (Wildman–Crippen LogP) is 1.97. The molecule has 16 heavy (non-hydrogen) atoms. The van der Waals surface area contributed by atoms with E-state index >= 15 is 0 Å². The van der Waals surface area contributed by atoms with Crippen LogP contribution in [0.2, 0.25) is 0 Å². The number of rotatable bonds is 3. The fraction of sp³-hybridized carbons (Fsp3) is 0.500. The molecule has 0 fully saturated rings. The van der Waals surface area contributed by atoms with E-state index in [1.54, 1.807) is 33.2 Å². The van der Waals surface area contributed by atoms with Gasteiger partial charge >= 0.3 is 0 Å². The Kier molecular flexibility index (Phi) is 3.52. The highest BCUT2D eigenvalue weighted by molar-refractivity contribution is 6.07. The van der Waals surface area contributed by atoms with Crippen LogP contribution < -0.4 is 0 Å². The van der Waals surface area contributed by atoms with Crippen molar-refractivity contribution in [2.75, 3.05) is 0 Å². The van der Waals surface area contributed by atoms with Crippen LogP contribution in [-0.2, 0) is 4.79 Å². The highest BCUT2D eigenvalue weighted by Gasteiger charge is 2.24. The first-order valence-corrected chi connectivity index (χ1v) is 5.16. The fourth-order valence-electron chi connectivity index (χ4n) is 1.03. The zero-order valence-electron chi connectivity index (χ0n) is 10.1. The Morgan fingerprint density at radius 3 is 2.12 bits per heavy atom. The van der Waals surface area contributed by atoms with Gasteiger partial charge < -0.3 is 0 Å². The smallest absolute Gasteiger partial charge is 0.207 e. The van der Waals surface area contributed by atoms with Crippen molar-refractivity contribution < 1.29 is 9.59 Å². The lowest BCUT2D eigenvalue weighted by Gasteiger charge is -2.15. The van der Waals surface area contributed by atoms with Crippen LogP contribution in [0.15, 0.2) is 12.4 Å². The number of Topliss-reactive ketones (excluding diaryl/α,β-unsaturated/α-hetero) is 2. The molecule has 0 radical (unpaired) electrons. The van der Waals surface area contributed by atoms with Crippen molar-refractivity contribution in [3.8, 4) is 0 Å². The van der Waals surface area contributed by atoms with E-state index < -0.39 is 5.41 Å². The van der Waals surface area contributed by atoms with Crippen LogP contribution in [0.25, 0.3) is 0 Å². The van der Waals surface area contributed by atoms with Gasteiger partial charge in [0.1, 0.15) is 5.78 Å². The summed E-state index contributed by atoms with van der Waals surface area (Å²) in [7, 11) is 0. The van der Waals surface area contributed by atoms with E-state index in [0.29, 0.717) is 0 Å². The Morgan fingerprint density at radius 2 is 1.69 bits per heavy atom. The van der Waals surface area contributed by atoms with Crippen LogP contribution in [-0.4, -0.2) is 21.5 Å². The highest BCUT2D eigenvalue weighted by atomic mass is 16.1. The summed E-state index contributed by atoms with van der Waals surface area (Å²) in [6.07, 6.45) is 3.01. The zero-order valence-corrected chi connectivity index (χ0v) is 10.1. The lowest BCUT2D eigenvalue weighted by molar-refractivity contribution is -0.125. The second kappa shape index (κ2) is 4.51. The van der Waals surface area contributed by atoms with Crippen LogP contribution in [0.4, 0.5) is 0 Å². The number of carbonyl (C=O) groups excluding carboxylic acids is 2. The number of nitrogens with zero attached hydrogens (tertiary/aromatic N) is 2. The van der Waals surface area contributed by atoms with Crippen LogP contribution in [0, 0.1) is 12.3 Å². The summed E-state index contributed by atoms with van der Waals surface area (Å²) in [5, 5.41) is 0. The summed E-state index contributed by atoms with van der Waals surface area (Å²) >= 11 is 0. The third-order valence-electron chi connectivity index (χ3n) is 2.19. The van der Waals surface area contributed by atoms with Gasteiger partial charge in [-0.25, -0.2) is 9.97 Å². The molecule has 4 nitrogen and oxygen atoms in total. The van der Waals surface area contributed by atoms with Gasteiger partial charge in [-0.3, -0.25) is 9.59 Å². The largest absolute Gasteiger partial charge is 0.299 e. The third kappa shape index (κ3) is 3.22. The van der Waals surface area contributed by atoms with Gasteiger partial charge in [-0.1, -0.05) is 20.8 Å². The van der Waals surface area contributed by atoms with Gasteiger partial charge in [0.2, 0.25) is 5.78 Å². The van der Waals surface area contributed by atoms with E-state index in [2.05, 4.69) is 9.97 Å². The number of aromatic nitrogens is 2. The first-order valence-electron chi connectivity index (χ1n) is 5.16. The van der Waals surface area contributed by atoms with Crippen molar-refractivity contribution in [2.24, 2.45) is 5.41 Å². The number of ketones is 2. The highest BCUT2D eigenvalue weighted by Crippen LogP contribution is 2.17. The van der Waals surface area contributed by atoms with Crippen LogP contribution in [0.5, 0.6) is 0 Å². The monoisotopic (exact) mass is 220 g/mol. The maximum atomic E-state index is 11.7. The molecule has 1 aromatic rings. The first-order chi connectivity index (χ1) is 7.30. The summed E-state index contributed by atoms with van der Waals surface area (Å²) in [5.41, 5.74) is 0.388. The van der Waals surface area contributed by atoms with Gasteiger partial charge in [0.15, 0.2) is 5.82 Å². The van der Waals surface area contributed by atoms with Crippen LogP contribution in [0.3, 0.4) is 0 Å². The van der Waals surface area contributed by atoms with Crippen molar-refractivity contribution in [1.82, 2.24) is 9.97 Å². The number of hydrogen-bond acceptors (Lipinski definition) is 4. The third-order valence-corrected chi connectivity index (χ3v) is 2.19. The first kappa shape index (κ1) is 12.5. The molecule has 0 aliphatic rings. The van der Waals surface area contributed by atoms with E-state index in [9.17, 15) is 9.59 Å². The lowest BCUT2D eigenvalue weighted by Crippen LogP contribution is -2.23. The van der Waals surface area contributed by atoms with Crippen molar-refractivity contribution in [1.29, 1.82) is 0 Å². The molecule has 0 atom stereocenters. The average molecular weight is 220 g/mol. The lowest BCUT2D eigenvalue weighted by atomic mass is 9.88. The van der Waals surface area contributed by atoms with E-state index in [-0.39, 0.29) is 23.8 Å². The average Bonchev–Trinajstić information content (AvgIpc) is 2.17. The molecule has 4 heteroatoms. The second-order valence-corrected chi connectivity index (χ2v) is 4.86. The number of carbonyl (C=O) groups is 2. The molecule has 0 saturated carbocycles. The second-order valence-electron chi connectivity index (χ2n) is 4.86. The summed E-state index contributed by atoms with van der Waals surface area (Å²) in [4.78, 5) is 31.1. The molecular weight excluding hydrogens is 204 g/mol. The molecular formula is C12H16N2O2. The molecule has 0 saturated heterocycles. The minimum Gasteiger partial charge on any atom is -0.299 e. The number of aryl methyl sites for hydroxylation is 1. The van der Waals surface area contributed by atoms with Gasteiger partial charge in [0, 0.05) is 17.8 Å². The maximum Gasteiger partial charge on any atom is 0.207 e. The molecule has 86 valence electrons. The molecule has 0 aliphatic carbocycles. The van der Waals surface area contributed by atoms with Gasteiger partial charge in [-0.2, -0.15) is 0 Å². The summed E-state index contributed by atoms with van der Waals surface area (Å²) < 4.78 is 0. The van der Waals surface area contributed by atoms with Gasteiger partial charge in [-0.15, -0.1) is 0 Å². The van der Waals surface area contributed by atoms with Gasteiger partial charge in [0.25, 0.3) is 0 Å². The molecule has 0 amide bonds. The molecule has 0 unspecified atom stereocenters. The SMILES string of the molecule is Cc1cnc(C(=O)CC(=O)C(C)(C)C)nc1. The predicted molar refractivity (Wildman–Crippen MR) is 60.2 cm³/mol. The molecule has 1 heterocycles. The van der Waals surface area contributed by atoms with Crippen molar-refractivity contribution >= 4 is 11.6 Å². The Morgan fingerprint density at radius 1 is 1.19 bits per heavy atom. The fourth-order valence-corrected chi connectivity index (χ4v) is 1.03. The Bertz CT molecular complexity index is 402. The summed E-state index contributed by atoms with van der Waals surface area (Å²) in [6.45, 7) is 7.21. The topological polar surface area (TPSA) is 59.9 Å². The minimum atomic E-state index is -0.500. The van der Waals surface area contributed by atoms with Gasteiger partial charge in [-0.05, 0) is 12.5 Å². The molecule has 1 rings (SSSR count). The van der Waals surface area contributed by atoms with Crippen molar-refractivity contribution in [3.05, 3.63) is 23.8 Å². The van der Waals surface area contributed by atoms with Crippen molar-refractivity contribution in [2.45, 2.75) is 34.1 Å². The van der Waals surface area contributed by atoms with E-state index in [0.717, 1.165) is 5.56 Å². The maximum absolute atomic E-state index is 11.7. The van der Waals surface area contributed by atoms with Crippen LogP contribution >= 0.6 is 0 Å². The Hall–Kier alpha value is -1.58. The molecule has 0 bridgehead atoms. The molecule has 0 aliphatic heterocycles. The standard InChI is InChI=1S/C12H16N2O2/c1-8-6-13-11(14-7-8)9(15)5-10(16)12(2,3)4/h6-7H,5H2,1-4H3. The van der Waals surface area contributed by atoms with E-state index in [1.165, 1.54) is 0 Å². The quantitative estimate of drug-likeness (QED) is 0.577. The van der Waals surface area contributed by atoms with Crippen LogP contribution in [0.1, 0.15) is 43.4 Å². The Labute approximate surface area is 95.1 Å².